The maximum Gasteiger partial charge on any atom is 0.235 e. The molecule has 2 aliphatic rings. The Kier molecular flexibility index (Phi) is 4.70. The lowest BCUT2D eigenvalue weighted by atomic mass is 9.91. The third-order valence-corrected chi connectivity index (χ3v) is 6.85. The fourth-order valence-corrected chi connectivity index (χ4v) is 4.48. The zero-order chi connectivity index (χ0) is 21.8. The van der Waals surface area contributed by atoms with Crippen molar-refractivity contribution in [2.75, 3.05) is 37.4 Å². The zero-order valence-corrected chi connectivity index (χ0v) is 18.2. The first-order valence-corrected chi connectivity index (χ1v) is 10.8. The van der Waals surface area contributed by atoms with Crippen molar-refractivity contribution in [3.05, 3.63) is 65.6 Å². The maximum atomic E-state index is 14.2. The average molecular weight is 419 g/mol. The summed E-state index contributed by atoms with van der Waals surface area (Å²) in [5.41, 5.74) is 3.56. The summed E-state index contributed by atoms with van der Waals surface area (Å²) in [5.74, 6) is -0.385. The molecule has 1 amide bonds. The first-order chi connectivity index (χ1) is 14.9. The topological polar surface area (TPSA) is 48.5 Å². The Hall–Kier alpha value is -2.99. The monoisotopic (exact) mass is 418 g/mol. The Morgan fingerprint density at radius 3 is 2.68 bits per heavy atom. The van der Waals surface area contributed by atoms with Crippen LogP contribution in [0.3, 0.4) is 0 Å². The maximum absolute atomic E-state index is 14.2. The van der Waals surface area contributed by atoms with Gasteiger partial charge < -0.3 is 15.1 Å². The van der Waals surface area contributed by atoms with E-state index in [0.717, 1.165) is 53.8 Å². The second kappa shape index (κ2) is 7.31. The van der Waals surface area contributed by atoms with E-state index in [1.807, 2.05) is 13.0 Å². The normalized spacial score (nSPS) is 17.6. The summed E-state index contributed by atoms with van der Waals surface area (Å²) in [6, 6.07) is 13.6. The fraction of sp³-hybridized carbons (Fsp3) is 0.360. The standard InChI is InChI=1S/C25H27FN4O/c1-16-6-7-17(30-14-18(15-30)29(2)3)13-22(16)28-24(31)25(10-11-25)20-8-9-21(26)23-19(20)5-4-12-27-23/h4-9,12-13,18H,10-11,14-15H2,1-3H3,(H,28,31). The van der Waals surface area contributed by atoms with Crippen LogP contribution in [-0.4, -0.2) is 49.0 Å². The molecule has 1 aliphatic heterocycles. The second-order valence-corrected chi connectivity index (χ2v) is 9.05. The number of aromatic nitrogens is 1. The minimum absolute atomic E-state index is 0.0284. The van der Waals surface area contributed by atoms with Crippen molar-refractivity contribution < 1.29 is 9.18 Å². The number of nitrogens with one attached hydrogen (secondary N) is 1. The number of likely N-dealkylation sites (N-methyl/N-ethyl adjacent to an activating group) is 1. The predicted octanol–water partition coefficient (Wildman–Crippen LogP) is 4.10. The number of halogens is 1. The molecule has 160 valence electrons. The number of carbonyl (C=O) groups is 1. The number of pyridine rings is 1. The van der Waals surface area contributed by atoms with Crippen molar-refractivity contribution in [1.29, 1.82) is 0 Å². The lowest BCUT2D eigenvalue weighted by Crippen LogP contribution is -2.57. The van der Waals surface area contributed by atoms with Crippen molar-refractivity contribution in [2.45, 2.75) is 31.2 Å². The van der Waals surface area contributed by atoms with Crippen LogP contribution < -0.4 is 10.2 Å². The molecule has 5 rings (SSSR count). The van der Waals surface area contributed by atoms with Gasteiger partial charge in [-0.1, -0.05) is 18.2 Å². The summed E-state index contributed by atoms with van der Waals surface area (Å²) in [7, 11) is 4.21. The van der Waals surface area contributed by atoms with Crippen molar-refractivity contribution in [3.8, 4) is 0 Å². The van der Waals surface area contributed by atoms with E-state index >= 15 is 0 Å². The summed E-state index contributed by atoms with van der Waals surface area (Å²) in [6.07, 6.45) is 3.09. The Balaban J connectivity index is 1.41. The zero-order valence-electron chi connectivity index (χ0n) is 18.2. The van der Waals surface area contributed by atoms with Crippen LogP contribution in [0.25, 0.3) is 10.9 Å². The third kappa shape index (κ3) is 3.35. The van der Waals surface area contributed by atoms with E-state index in [4.69, 9.17) is 0 Å². The van der Waals surface area contributed by atoms with E-state index in [2.05, 4.69) is 52.4 Å². The molecule has 0 spiro atoms. The number of amides is 1. The van der Waals surface area contributed by atoms with E-state index < -0.39 is 5.41 Å². The quantitative estimate of drug-likeness (QED) is 0.678. The molecule has 1 saturated carbocycles. The first-order valence-electron chi connectivity index (χ1n) is 10.8. The van der Waals surface area contributed by atoms with Crippen molar-refractivity contribution in [1.82, 2.24) is 9.88 Å². The number of nitrogens with zero attached hydrogens (tertiary/aromatic N) is 3. The number of hydrogen-bond donors (Lipinski definition) is 1. The molecule has 31 heavy (non-hydrogen) atoms. The van der Waals surface area contributed by atoms with Gasteiger partial charge >= 0.3 is 0 Å². The van der Waals surface area contributed by atoms with Gasteiger partial charge in [-0.05, 0) is 69.3 Å². The summed E-state index contributed by atoms with van der Waals surface area (Å²) < 4.78 is 14.2. The van der Waals surface area contributed by atoms with Gasteiger partial charge in [-0.15, -0.1) is 0 Å². The highest BCUT2D eigenvalue weighted by Gasteiger charge is 2.52. The Morgan fingerprint density at radius 2 is 1.97 bits per heavy atom. The molecule has 1 N–H and O–H groups in total. The second-order valence-electron chi connectivity index (χ2n) is 9.05. The Bertz CT molecular complexity index is 1170. The van der Waals surface area contributed by atoms with Gasteiger partial charge in [0.05, 0.1) is 5.41 Å². The molecule has 2 heterocycles. The number of aryl methyl sites for hydroxylation is 1. The number of rotatable bonds is 5. The number of hydrogen-bond acceptors (Lipinski definition) is 4. The number of carbonyl (C=O) groups excluding carboxylic acids is 1. The van der Waals surface area contributed by atoms with Crippen molar-refractivity contribution >= 4 is 28.2 Å². The molecule has 0 radical (unpaired) electrons. The molecule has 0 bridgehead atoms. The molecular formula is C25H27FN4O. The van der Waals surface area contributed by atoms with Gasteiger partial charge in [0.15, 0.2) is 0 Å². The molecule has 3 aromatic rings. The molecule has 0 unspecified atom stereocenters. The van der Waals surface area contributed by atoms with E-state index in [9.17, 15) is 9.18 Å². The Labute approximate surface area is 181 Å². The highest BCUT2D eigenvalue weighted by Crippen LogP contribution is 2.51. The highest BCUT2D eigenvalue weighted by atomic mass is 19.1. The number of anilines is 2. The van der Waals surface area contributed by atoms with Gasteiger partial charge in [0.1, 0.15) is 11.3 Å². The molecule has 1 aliphatic carbocycles. The van der Waals surface area contributed by atoms with Gasteiger partial charge in [-0.3, -0.25) is 9.78 Å². The van der Waals surface area contributed by atoms with Crippen LogP contribution >= 0.6 is 0 Å². The summed E-state index contributed by atoms with van der Waals surface area (Å²) in [6.45, 7) is 3.98. The minimum Gasteiger partial charge on any atom is -0.368 e. The SMILES string of the molecule is Cc1ccc(N2CC(N(C)C)C2)cc1NC(=O)C1(c2ccc(F)c3ncccc23)CC1. The smallest absolute Gasteiger partial charge is 0.235 e. The van der Waals surface area contributed by atoms with Crippen LogP contribution in [0, 0.1) is 12.7 Å². The molecule has 2 aromatic carbocycles. The van der Waals surface area contributed by atoms with Crippen LogP contribution in [0.15, 0.2) is 48.7 Å². The van der Waals surface area contributed by atoms with Gasteiger partial charge in [0.25, 0.3) is 0 Å². The van der Waals surface area contributed by atoms with Crippen molar-refractivity contribution in [3.63, 3.8) is 0 Å². The molecule has 1 aromatic heterocycles. The van der Waals surface area contributed by atoms with Crippen LogP contribution in [-0.2, 0) is 10.2 Å². The van der Waals surface area contributed by atoms with Gasteiger partial charge in [0.2, 0.25) is 5.91 Å². The largest absolute Gasteiger partial charge is 0.368 e. The molecule has 1 saturated heterocycles. The van der Waals surface area contributed by atoms with E-state index in [-0.39, 0.29) is 11.7 Å². The van der Waals surface area contributed by atoms with E-state index in [0.29, 0.717) is 11.6 Å². The molecule has 2 fully saturated rings. The van der Waals surface area contributed by atoms with Crippen LogP contribution in [0.1, 0.15) is 24.0 Å². The van der Waals surface area contributed by atoms with Crippen LogP contribution in [0.2, 0.25) is 0 Å². The molecule has 6 heteroatoms. The summed E-state index contributed by atoms with van der Waals surface area (Å²) in [5, 5.41) is 3.90. The van der Waals surface area contributed by atoms with E-state index in [1.54, 1.807) is 18.3 Å². The first kappa shape index (κ1) is 19.9. The van der Waals surface area contributed by atoms with Gasteiger partial charge in [0, 0.05) is 42.1 Å². The van der Waals surface area contributed by atoms with Crippen molar-refractivity contribution in [2.24, 2.45) is 0 Å². The molecule has 0 atom stereocenters. The highest BCUT2D eigenvalue weighted by molar-refractivity contribution is 6.05. The average Bonchev–Trinajstić information content (AvgIpc) is 3.51. The summed E-state index contributed by atoms with van der Waals surface area (Å²) in [4.78, 5) is 22.2. The van der Waals surface area contributed by atoms with Gasteiger partial charge in [-0.25, -0.2) is 4.39 Å². The fourth-order valence-electron chi connectivity index (χ4n) is 4.48. The lowest BCUT2D eigenvalue weighted by molar-refractivity contribution is -0.118. The Morgan fingerprint density at radius 1 is 1.19 bits per heavy atom. The molecule has 5 nitrogen and oxygen atoms in total. The minimum atomic E-state index is -0.621. The summed E-state index contributed by atoms with van der Waals surface area (Å²) >= 11 is 0. The van der Waals surface area contributed by atoms with Crippen LogP contribution in [0.4, 0.5) is 15.8 Å². The molecular weight excluding hydrogens is 391 g/mol. The van der Waals surface area contributed by atoms with Gasteiger partial charge in [-0.2, -0.15) is 0 Å². The lowest BCUT2D eigenvalue weighted by Gasteiger charge is -2.44. The predicted molar refractivity (Wildman–Crippen MR) is 122 cm³/mol. The van der Waals surface area contributed by atoms with Crippen LogP contribution in [0.5, 0.6) is 0 Å². The number of benzene rings is 2. The van der Waals surface area contributed by atoms with E-state index in [1.165, 1.54) is 6.07 Å². The number of fused-ring (bicyclic) bond motifs is 1. The third-order valence-electron chi connectivity index (χ3n) is 6.85.